The summed E-state index contributed by atoms with van der Waals surface area (Å²) in [5, 5.41) is 0.464. The average Bonchev–Trinajstić information content (AvgIpc) is 3.12. The second kappa shape index (κ2) is 7.43. The van der Waals surface area contributed by atoms with Crippen molar-refractivity contribution in [3.05, 3.63) is 53.6 Å². The summed E-state index contributed by atoms with van der Waals surface area (Å²) in [6, 6.07) is 6.99. The number of imidazole rings is 1. The van der Waals surface area contributed by atoms with Gasteiger partial charge in [0.1, 0.15) is 18.4 Å². The number of aryl methyl sites for hydroxylation is 1. The molecule has 0 amide bonds. The number of hydrogen-bond donors (Lipinski definition) is 1. The maximum Gasteiger partial charge on any atom is 0.326 e. The van der Waals surface area contributed by atoms with Gasteiger partial charge in [0.05, 0.1) is 30.2 Å². The van der Waals surface area contributed by atoms with Crippen LogP contribution in [-0.4, -0.2) is 41.6 Å². The molecule has 3 heterocycles. The zero-order valence-corrected chi connectivity index (χ0v) is 14.9. The molecule has 4 aromatic rings. The van der Waals surface area contributed by atoms with Crippen molar-refractivity contribution in [2.75, 3.05) is 12.3 Å². The van der Waals surface area contributed by atoms with Gasteiger partial charge in [-0.3, -0.25) is 14.2 Å². The molecule has 0 radical (unpaired) electrons. The highest BCUT2D eigenvalue weighted by Gasteiger charge is 2.10. The van der Waals surface area contributed by atoms with Crippen LogP contribution in [0.4, 0.5) is 5.82 Å². The van der Waals surface area contributed by atoms with Crippen LogP contribution in [0.5, 0.6) is 0 Å². The number of aromatic nitrogens is 6. The zero-order chi connectivity index (χ0) is 19.5. The first kappa shape index (κ1) is 17.6. The molecule has 0 saturated carbocycles. The van der Waals surface area contributed by atoms with Crippen LogP contribution in [0.1, 0.15) is 6.42 Å². The highest BCUT2D eigenvalue weighted by molar-refractivity contribution is 5.81. The van der Waals surface area contributed by atoms with Gasteiger partial charge in [0.2, 0.25) is 0 Å². The molecule has 0 aliphatic heterocycles. The van der Waals surface area contributed by atoms with Crippen molar-refractivity contribution in [1.82, 2.24) is 29.1 Å². The summed E-state index contributed by atoms with van der Waals surface area (Å²) in [4.78, 5) is 40.9. The summed E-state index contributed by atoms with van der Waals surface area (Å²) in [6.07, 6.45) is 4.92. The number of nitrogens with two attached hydrogens (primary N) is 1. The molecular weight excluding hydrogens is 362 g/mol. The van der Waals surface area contributed by atoms with E-state index < -0.39 is 5.97 Å². The van der Waals surface area contributed by atoms with Crippen molar-refractivity contribution in [3.63, 3.8) is 0 Å². The van der Waals surface area contributed by atoms with Crippen LogP contribution in [0, 0.1) is 0 Å². The smallest absolute Gasteiger partial charge is 0.326 e. The molecule has 28 heavy (non-hydrogen) atoms. The molecule has 0 spiro atoms. The van der Waals surface area contributed by atoms with Crippen molar-refractivity contribution in [1.29, 1.82) is 0 Å². The summed E-state index contributed by atoms with van der Waals surface area (Å²) < 4.78 is 8.29. The Kier molecular flexibility index (Phi) is 4.67. The summed E-state index contributed by atoms with van der Waals surface area (Å²) in [5.74, 6) is -0.175. The molecule has 0 aliphatic rings. The second-order valence-electron chi connectivity index (χ2n) is 6.14. The van der Waals surface area contributed by atoms with E-state index in [2.05, 4.69) is 19.9 Å². The normalized spacial score (nSPS) is 11.1. The third kappa shape index (κ3) is 3.39. The molecule has 1 aromatic carbocycles. The zero-order valence-electron chi connectivity index (χ0n) is 14.9. The lowest BCUT2D eigenvalue weighted by Gasteiger charge is -2.08. The number of anilines is 1. The lowest BCUT2D eigenvalue weighted by molar-refractivity contribution is -0.144. The van der Waals surface area contributed by atoms with E-state index in [1.807, 2.05) is 4.57 Å². The van der Waals surface area contributed by atoms with Crippen molar-refractivity contribution in [2.24, 2.45) is 0 Å². The second-order valence-corrected chi connectivity index (χ2v) is 6.14. The third-order valence-corrected chi connectivity index (χ3v) is 4.27. The van der Waals surface area contributed by atoms with E-state index >= 15 is 0 Å². The molecule has 10 heteroatoms. The standard InChI is InChI=1S/C18H17N7O3/c19-16-15-17(21-9-20-16)24(11-23-15)6-3-7-28-14(26)8-25-10-22-13-5-2-1-4-12(13)18(25)27/h1-2,4-5,9-11H,3,6-8H2,(H2,19,20,21). The predicted octanol–water partition coefficient (Wildman–Crippen LogP) is 0.752. The molecule has 0 fully saturated rings. The Labute approximate surface area is 158 Å². The first-order valence-electron chi connectivity index (χ1n) is 8.64. The van der Waals surface area contributed by atoms with Crippen LogP contribution in [0.25, 0.3) is 22.1 Å². The minimum Gasteiger partial charge on any atom is -0.464 e. The number of ether oxygens (including phenoxy) is 1. The first-order valence-corrected chi connectivity index (χ1v) is 8.64. The summed E-state index contributed by atoms with van der Waals surface area (Å²) in [7, 11) is 0. The summed E-state index contributed by atoms with van der Waals surface area (Å²) in [5.41, 5.74) is 7.25. The van der Waals surface area contributed by atoms with Crippen molar-refractivity contribution in [3.8, 4) is 0 Å². The van der Waals surface area contributed by atoms with Gasteiger partial charge in [-0.25, -0.2) is 19.9 Å². The summed E-state index contributed by atoms with van der Waals surface area (Å²) >= 11 is 0. The monoisotopic (exact) mass is 379 g/mol. The minimum atomic E-state index is -0.499. The molecule has 4 rings (SSSR count). The van der Waals surface area contributed by atoms with Gasteiger partial charge >= 0.3 is 5.97 Å². The maximum absolute atomic E-state index is 12.4. The van der Waals surface area contributed by atoms with Gasteiger partial charge in [0, 0.05) is 6.54 Å². The van der Waals surface area contributed by atoms with Gasteiger partial charge < -0.3 is 15.0 Å². The van der Waals surface area contributed by atoms with Crippen LogP contribution in [0.2, 0.25) is 0 Å². The molecule has 10 nitrogen and oxygen atoms in total. The van der Waals surface area contributed by atoms with Gasteiger partial charge in [0.25, 0.3) is 5.56 Å². The molecule has 0 atom stereocenters. The topological polar surface area (TPSA) is 131 Å². The largest absolute Gasteiger partial charge is 0.464 e. The number of rotatable bonds is 6. The van der Waals surface area contributed by atoms with Crippen LogP contribution in [0.3, 0.4) is 0 Å². The number of carbonyl (C=O) groups excluding carboxylic acids is 1. The van der Waals surface area contributed by atoms with Crippen molar-refractivity contribution in [2.45, 2.75) is 19.5 Å². The number of benzene rings is 1. The fourth-order valence-electron chi connectivity index (χ4n) is 2.89. The fraction of sp³-hybridized carbons (Fsp3) is 0.222. The Morgan fingerprint density at radius 2 is 1.89 bits per heavy atom. The number of nitrogen functional groups attached to an aromatic ring is 1. The van der Waals surface area contributed by atoms with E-state index in [0.717, 1.165) is 0 Å². The Bertz CT molecular complexity index is 1210. The molecule has 0 unspecified atom stereocenters. The van der Waals surface area contributed by atoms with Gasteiger partial charge in [-0.05, 0) is 18.6 Å². The number of fused-ring (bicyclic) bond motifs is 2. The molecule has 0 saturated heterocycles. The fourth-order valence-corrected chi connectivity index (χ4v) is 2.89. The van der Waals surface area contributed by atoms with Gasteiger partial charge in [-0.2, -0.15) is 0 Å². The number of carbonyl (C=O) groups is 1. The van der Waals surface area contributed by atoms with E-state index in [0.29, 0.717) is 40.9 Å². The van der Waals surface area contributed by atoms with E-state index in [-0.39, 0.29) is 18.7 Å². The molecule has 3 aromatic heterocycles. The summed E-state index contributed by atoms with van der Waals surface area (Å²) in [6.45, 7) is 0.570. The lowest BCUT2D eigenvalue weighted by atomic mass is 10.2. The third-order valence-electron chi connectivity index (χ3n) is 4.27. The number of nitrogens with zero attached hydrogens (tertiary/aromatic N) is 6. The van der Waals surface area contributed by atoms with Crippen LogP contribution < -0.4 is 11.3 Å². The Hall–Kier alpha value is -3.82. The predicted molar refractivity (Wildman–Crippen MR) is 101 cm³/mol. The van der Waals surface area contributed by atoms with Gasteiger partial charge in [-0.15, -0.1) is 0 Å². The average molecular weight is 379 g/mol. The molecule has 2 N–H and O–H groups in total. The quantitative estimate of drug-likeness (QED) is 0.384. The molecule has 0 bridgehead atoms. The maximum atomic E-state index is 12.4. The molecular formula is C18H17N7O3. The van der Waals surface area contributed by atoms with E-state index in [9.17, 15) is 9.59 Å². The van der Waals surface area contributed by atoms with Crippen LogP contribution in [0.15, 0.2) is 48.0 Å². The van der Waals surface area contributed by atoms with Crippen molar-refractivity contribution < 1.29 is 9.53 Å². The lowest BCUT2D eigenvalue weighted by Crippen LogP contribution is -2.26. The van der Waals surface area contributed by atoms with E-state index in [4.69, 9.17) is 10.5 Å². The Balaban J connectivity index is 1.33. The SMILES string of the molecule is Nc1ncnc2c1ncn2CCCOC(=O)Cn1cnc2ccccc2c1=O. The van der Waals surface area contributed by atoms with Gasteiger partial charge in [0.15, 0.2) is 11.5 Å². The minimum absolute atomic E-state index is 0.186. The number of hydrogen-bond acceptors (Lipinski definition) is 8. The molecule has 0 aliphatic carbocycles. The first-order chi connectivity index (χ1) is 13.6. The van der Waals surface area contributed by atoms with Crippen LogP contribution >= 0.6 is 0 Å². The highest BCUT2D eigenvalue weighted by Crippen LogP contribution is 2.14. The molecule has 142 valence electrons. The van der Waals surface area contributed by atoms with Crippen molar-refractivity contribution >= 4 is 33.9 Å². The van der Waals surface area contributed by atoms with Crippen LogP contribution in [-0.2, 0) is 22.6 Å². The highest BCUT2D eigenvalue weighted by atomic mass is 16.5. The van der Waals surface area contributed by atoms with E-state index in [1.54, 1.807) is 30.6 Å². The van der Waals surface area contributed by atoms with Gasteiger partial charge in [-0.1, -0.05) is 12.1 Å². The van der Waals surface area contributed by atoms with E-state index in [1.165, 1.54) is 17.2 Å². The Morgan fingerprint density at radius 1 is 1.07 bits per heavy atom. The number of esters is 1. The number of para-hydroxylation sites is 1. The Morgan fingerprint density at radius 3 is 2.79 bits per heavy atom.